The molecule has 0 unspecified atom stereocenters. The molecule has 0 rings (SSSR count). The second-order valence-electron chi connectivity index (χ2n) is 7.99. The lowest BCUT2D eigenvalue weighted by Gasteiger charge is -2.22. The van der Waals surface area contributed by atoms with Crippen LogP contribution in [0.4, 0.5) is 0 Å². The van der Waals surface area contributed by atoms with Gasteiger partial charge in [0.15, 0.2) is 0 Å². The van der Waals surface area contributed by atoms with Crippen LogP contribution in [0.2, 0.25) is 0 Å². The van der Waals surface area contributed by atoms with Crippen molar-refractivity contribution < 1.29 is 33.3 Å². The summed E-state index contributed by atoms with van der Waals surface area (Å²) in [7, 11) is 0. The van der Waals surface area contributed by atoms with Crippen molar-refractivity contribution in [3.63, 3.8) is 0 Å². The van der Waals surface area contributed by atoms with Crippen LogP contribution in [0.1, 0.15) is 55.4 Å². The fourth-order valence-corrected chi connectivity index (χ4v) is 1.34. The van der Waals surface area contributed by atoms with E-state index in [1.807, 2.05) is 13.8 Å². The number of esters is 2. The average Bonchev–Trinajstić information content (AvgIpc) is 2.44. The standard InChI is InChI=1S/C18H34O7/c1-13(2)25-16(23-11-9-21-14(19)17(3,4)5)24-12-10-22-15(20)18(6,7)8/h13,16H,9-12H2,1-8H3. The van der Waals surface area contributed by atoms with Crippen molar-refractivity contribution in [1.29, 1.82) is 0 Å². The molecule has 0 amide bonds. The van der Waals surface area contributed by atoms with Gasteiger partial charge >= 0.3 is 11.9 Å². The third kappa shape index (κ3) is 11.9. The van der Waals surface area contributed by atoms with E-state index in [2.05, 4.69) is 0 Å². The molecule has 0 aliphatic carbocycles. The van der Waals surface area contributed by atoms with E-state index in [1.165, 1.54) is 0 Å². The highest BCUT2D eigenvalue weighted by molar-refractivity contribution is 5.75. The number of carbonyl (C=O) groups excluding carboxylic acids is 2. The minimum absolute atomic E-state index is 0.108. The molecule has 0 fully saturated rings. The molecule has 7 heteroatoms. The molecular formula is C18H34O7. The van der Waals surface area contributed by atoms with Crippen molar-refractivity contribution in [2.75, 3.05) is 26.4 Å². The summed E-state index contributed by atoms with van der Waals surface area (Å²) in [6, 6.07) is 0. The number of carbonyl (C=O) groups is 2. The average molecular weight is 362 g/mol. The lowest BCUT2D eigenvalue weighted by Crippen LogP contribution is -2.30. The molecule has 0 radical (unpaired) electrons. The van der Waals surface area contributed by atoms with Crippen LogP contribution in [-0.2, 0) is 33.3 Å². The minimum atomic E-state index is -0.915. The highest BCUT2D eigenvalue weighted by Gasteiger charge is 2.24. The molecule has 7 nitrogen and oxygen atoms in total. The van der Waals surface area contributed by atoms with Crippen LogP contribution in [0.15, 0.2) is 0 Å². The van der Waals surface area contributed by atoms with Gasteiger partial charge in [0, 0.05) is 0 Å². The van der Waals surface area contributed by atoms with E-state index in [4.69, 9.17) is 23.7 Å². The predicted molar refractivity (Wildman–Crippen MR) is 92.7 cm³/mol. The molecule has 0 aromatic heterocycles. The van der Waals surface area contributed by atoms with Gasteiger partial charge in [-0.3, -0.25) is 9.59 Å². The van der Waals surface area contributed by atoms with Gasteiger partial charge in [-0.05, 0) is 55.4 Å². The zero-order valence-corrected chi connectivity index (χ0v) is 16.8. The fourth-order valence-electron chi connectivity index (χ4n) is 1.34. The monoisotopic (exact) mass is 362 g/mol. The van der Waals surface area contributed by atoms with Crippen LogP contribution in [0.5, 0.6) is 0 Å². The Morgan fingerprint density at radius 2 is 1.08 bits per heavy atom. The van der Waals surface area contributed by atoms with Gasteiger partial charge in [0.2, 0.25) is 0 Å². The summed E-state index contributed by atoms with van der Waals surface area (Å²) in [5, 5.41) is 0. The van der Waals surface area contributed by atoms with Crippen LogP contribution in [0.3, 0.4) is 0 Å². The smallest absolute Gasteiger partial charge is 0.311 e. The first-order valence-corrected chi connectivity index (χ1v) is 8.57. The second-order valence-corrected chi connectivity index (χ2v) is 7.99. The van der Waals surface area contributed by atoms with Gasteiger partial charge in [-0.1, -0.05) is 0 Å². The molecule has 0 saturated carbocycles. The number of hydrogen-bond acceptors (Lipinski definition) is 7. The van der Waals surface area contributed by atoms with Crippen LogP contribution in [0.25, 0.3) is 0 Å². The van der Waals surface area contributed by atoms with Crippen molar-refractivity contribution >= 4 is 11.9 Å². The molecule has 0 aromatic carbocycles. The van der Waals surface area contributed by atoms with Gasteiger partial charge in [-0.25, -0.2) is 0 Å². The molecule has 0 aliphatic rings. The van der Waals surface area contributed by atoms with Gasteiger partial charge < -0.3 is 23.7 Å². The number of ether oxygens (including phenoxy) is 5. The Balaban J connectivity index is 4.13. The van der Waals surface area contributed by atoms with Crippen LogP contribution < -0.4 is 0 Å². The van der Waals surface area contributed by atoms with Gasteiger partial charge in [-0.15, -0.1) is 0 Å². The molecule has 0 atom stereocenters. The summed E-state index contributed by atoms with van der Waals surface area (Å²) in [5.74, 6) is -0.597. The molecular weight excluding hydrogens is 328 g/mol. The molecule has 0 aliphatic heterocycles. The molecule has 0 saturated heterocycles. The van der Waals surface area contributed by atoms with Gasteiger partial charge in [0.1, 0.15) is 13.2 Å². The Morgan fingerprint density at radius 1 is 0.720 bits per heavy atom. The summed E-state index contributed by atoms with van der Waals surface area (Å²) in [5.41, 5.74) is -1.11. The number of rotatable bonds is 10. The third-order valence-corrected chi connectivity index (χ3v) is 2.75. The largest absolute Gasteiger partial charge is 0.463 e. The highest BCUT2D eigenvalue weighted by atomic mass is 16.8. The Morgan fingerprint density at radius 3 is 1.36 bits per heavy atom. The van der Waals surface area contributed by atoms with Crippen LogP contribution >= 0.6 is 0 Å². The summed E-state index contributed by atoms with van der Waals surface area (Å²) in [6.45, 7) is 14.0. The van der Waals surface area contributed by atoms with Crippen LogP contribution in [0, 0.1) is 10.8 Å². The molecule has 0 spiro atoms. The van der Waals surface area contributed by atoms with Crippen molar-refractivity contribution in [1.82, 2.24) is 0 Å². The van der Waals surface area contributed by atoms with Crippen molar-refractivity contribution in [3.05, 3.63) is 0 Å². The summed E-state index contributed by atoms with van der Waals surface area (Å²) >= 11 is 0. The zero-order valence-electron chi connectivity index (χ0n) is 16.8. The molecule has 0 N–H and O–H groups in total. The van der Waals surface area contributed by atoms with Crippen molar-refractivity contribution in [3.8, 4) is 0 Å². The van der Waals surface area contributed by atoms with E-state index in [0.717, 1.165) is 0 Å². The predicted octanol–water partition coefficient (Wildman–Crippen LogP) is 2.91. The Labute approximate surface area is 151 Å². The molecule has 0 aromatic rings. The Bertz CT molecular complexity index is 371. The zero-order chi connectivity index (χ0) is 19.7. The fraction of sp³-hybridized carbons (Fsp3) is 0.889. The van der Waals surface area contributed by atoms with E-state index in [-0.39, 0.29) is 44.5 Å². The van der Waals surface area contributed by atoms with Crippen LogP contribution in [-0.4, -0.2) is 50.9 Å². The van der Waals surface area contributed by atoms with E-state index in [0.29, 0.717) is 0 Å². The molecule has 0 heterocycles. The molecule has 148 valence electrons. The van der Waals surface area contributed by atoms with Gasteiger partial charge in [0.25, 0.3) is 6.48 Å². The first-order chi connectivity index (χ1) is 11.3. The lowest BCUT2D eigenvalue weighted by atomic mass is 9.97. The maximum Gasteiger partial charge on any atom is 0.311 e. The van der Waals surface area contributed by atoms with E-state index >= 15 is 0 Å². The summed E-state index contributed by atoms with van der Waals surface area (Å²) in [4.78, 5) is 23.3. The molecule has 0 bridgehead atoms. The summed E-state index contributed by atoms with van der Waals surface area (Å²) < 4.78 is 26.6. The minimum Gasteiger partial charge on any atom is -0.463 e. The van der Waals surface area contributed by atoms with Crippen molar-refractivity contribution in [2.24, 2.45) is 10.8 Å². The lowest BCUT2D eigenvalue weighted by molar-refractivity contribution is -0.304. The highest BCUT2D eigenvalue weighted by Crippen LogP contribution is 2.15. The first kappa shape index (κ1) is 23.8. The van der Waals surface area contributed by atoms with Gasteiger partial charge in [-0.2, -0.15) is 0 Å². The third-order valence-electron chi connectivity index (χ3n) is 2.75. The maximum absolute atomic E-state index is 11.7. The SMILES string of the molecule is CC(C)OC(OCCOC(=O)C(C)(C)C)OCCOC(=O)C(C)(C)C. The van der Waals surface area contributed by atoms with Gasteiger partial charge in [0.05, 0.1) is 30.1 Å². The van der Waals surface area contributed by atoms with Crippen molar-refractivity contribution in [2.45, 2.75) is 68.0 Å². The van der Waals surface area contributed by atoms with E-state index in [9.17, 15) is 9.59 Å². The van der Waals surface area contributed by atoms with E-state index < -0.39 is 17.3 Å². The normalized spacial score (nSPS) is 12.6. The maximum atomic E-state index is 11.7. The Hall–Kier alpha value is -1.18. The second kappa shape index (κ2) is 10.7. The summed E-state index contributed by atoms with van der Waals surface area (Å²) in [6.07, 6.45) is -0.112. The van der Waals surface area contributed by atoms with E-state index in [1.54, 1.807) is 41.5 Å². The first-order valence-electron chi connectivity index (χ1n) is 8.57. The quantitative estimate of drug-likeness (QED) is 0.336. The Kier molecular flexibility index (Phi) is 10.2. The topological polar surface area (TPSA) is 80.3 Å². The molecule has 25 heavy (non-hydrogen) atoms. The number of hydrogen-bond donors (Lipinski definition) is 0.